The van der Waals surface area contributed by atoms with E-state index in [-0.39, 0.29) is 18.4 Å². The maximum Gasteiger partial charge on any atom is 0.303 e. The molecule has 1 aliphatic heterocycles. The number of hydrogen-bond donors (Lipinski definition) is 1. The summed E-state index contributed by atoms with van der Waals surface area (Å²) in [5.41, 5.74) is 4.89. The lowest BCUT2D eigenvalue weighted by Gasteiger charge is -2.43. The molecule has 1 saturated heterocycles. The van der Waals surface area contributed by atoms with Crippen molar-refractivity contribution >= 4 is 23.9 Å². The first kappa shape index (κ1) is 31.6. The van der Waals surface area contributed by atoms with E-state index in [1.165, 1.54) is 13.8 Å². The summed E-state index contributed by atoms with van der Waals surface area (Å²) < 4.78 is 33.9. The van der Waals surface area contributed by atoms with Gasteiger partial charge >= 0.3 is 23.9 Å². The Morgan fingerprint density at radius 1 is 0.902 bits per heavy atom. The van der Waals surface area contributed by atoms with Crippen LogP contribution in [0.2, 0.25) is 0 Å². The standard InChI is InChI=1S/C29H38N2O10/c1-14(2)24-22(12-21-10-9-15(3)11-16(21)4)28(31-30-24)41-29-27(39-20(8)35)26(38-19(7)34)25(37-18(6)33)23(40-29)13-36-17(5)32/h9-11,14,23,25-27,29H,12-13H2,1-8H3,(H,30,31). The number of H-pyrrole nitrogens is 1. The van der Waals surface area contributed by atoms with E-state index in [2.05, 4.69) is 16.3 Å². The van der Waals surface area contributed by atoms with Crippen LogP contribution >= 0.6 is 0 Å². The number of carbonyl (C=O) groups excluding carboxylic acids is 4. The Morgan fingerprint density at radius 2 is 1.51 bits per heavy atom. The minimum absolute atomic E-state index is 0.0657. The van der Waals surface area contributed by atoms with Gasteiger partial charge in [-0.25, -0.2) is 0 Å². The molecule has 2 aromatic rings. The van der Waals surface area contributed by atoms with Gasteiger partial charge in [-0.05, 0) is 30.9 Å². The summed E-state index contributed by atoms with van der Waals surface area (Å²) in [6.45, 7) is 12.4. The van der Waals surface area contributed by atoms with Gasteiger partial charge < -0.3 is 28.4 Å². The second kappa shape index (κ2) is 13.6. The number of carbonyl (C=O) groups is 4. The molecule has 1 aromatic heterocycles. The Hall–Kier alpha value is -3.93. The van der Waals surface area contributed by atoms with Gasteiger partial charge in [-0.3, -0.25) is 24.3 Å². The molecule has 1 aliphatic rings. The number of rotatable bonds is 10. The second-order valence-corrected chi connectivity index (χ2v) is 10.4. The Balaban J connectivity index is 2.06. The highest BCUT2D eigenvalue weighted by molar-refractivity contribution is 5.68. The predicted molar refractivity (Wildman–Crippen MR) is 144 cm³/mol. The lowest BCUT2D eigenvalue weighted by atomic mass is 9.96. The van der Waals surface area contributed by atoms with Crippen LogP contribution in [-0.4, -0.2) is 71.4 Å². The van der Waals surface area contributed by atoms with E-state index in [1.54, 1.807) is 0 Å². The predicted octanol–water partition coefficient (Wildman–Crippen LogP) is 3.20. The highest BCUT2D eigenvalue weighted by Crippen LogP contribution is 2.34. The molecule has 1 fully saturated rings. The number of benzene rings is 1. The fourth-order valence-corrected chi connectivity index (χ4v) is 4.74. The highest BCUT2D eigenvalue weighted by Gasteiger charge is 2.53. The van der Waals surface area contributed by atoms with Crippen molar-refractivity contribution in [1.29, 1.82) is 0 Å². The maximum absolute atomic E-state index is 12.2. The molecule has 0 saturated carbocycles. The van der Waals surface area contributed by atoms with Crippen LogP contribution in [0.15, 0.2) is 18.2 Å². The van der Waals surface area contributed by atoms with Crippen LogP contribution in [0.4, 0.5) is 0 Å². The molecule has 41 heavy (non-hydrogen) atoms. The highest BCUT2D eigenvalue weighted by atomic mass is 16.7. The summed E-state index contributed by atoms with van der Waals surface area (Å²) in [5, 5.41) is 7.43. The van der Waals surface area contributed by atoms with Gasteiger partial charge in [0, 0.05) is 45.4 Å². The molecule has 0 aliphatic carbocycles. The van der Waals surface area contributed by atoms with Crippen LogP contribution in [0, 0.1) is 13.8 Å². The number of aromatic amines is 1. The van der Waals surface area contributed by atoms with E-state index < -0.39 is 54.6 Å². The number of ether oxygens (including phenoxy) is 6. The lowest BCUT2D eigenvalue weighted by Crippen LogP contribution is -2.63. The van der Waals surface area contributed by atoms with Crippen molar-refractivity contribution in [2.75, 3.05) is 6.61 Å². The molecule has 0 bridgehead atoms. The summed E-state index contributed by atoms with van der Waals surface area (Å²) in [6.07, 6.45) is -6.00. The van der Waals surface area contributed by atoms with Gasteiger partial charge in [-0.2, -0.15) is 0 Å². The van der Waals surface area contributed by atoms with Gasteiger partial charge in [0.05, 0.1) is 0 Å². The Bertz CT molecular complexity index is 1270. The average molecular weight is 575 g/mol. The quantitative estimate of drug-likeness (QED) is 0.329. The largest absolute Gasteiger partial charge is 0.463 e. The minimum atomic E-state index is -1.38. The molecule has 5 atom stereocenters. The third-order valence-corrected chi connectivity index (χ3v) is 6.48. The summed E-state index contributed by atoms with van der Waals surface area (Å²) >= 11 is 0. The lowest BCUT2D eigenvalue weighted by molar-refractivity contribution is -0.289. The molecule has 12 heteroatoms. The third kappa shape index (κ3) is 8.29. The van der Waals surface area contributed by atoms with Crippen LogP contribution in [-0.2, 0) is 49.3 Å². The van der Waals surface area contributed by atoms with E-state index in [9.17, 15) is 19.2 Å². The fourth-order valence-electron chi connectivity index (χ4n) is 4.74. The van der Waals surface area contributed by atoms with Crippen molar-refractivity contribution in [2.24, 2.45) is 0 Å². The van der Waals surface area contributed by atoms with Gasteiger partial charge in [0.15, 0.2) is 12.2 Å². The first-order chi connectivity index (χ1) is 19.3. The SMILES string of the molecule is CC(=O)OCC1OC(Oc2n[nH]c(C(C)C)c2Cc2ccc(C)cc2C)C(OC(C)=O)C(OC(C)=O)C1OC(C)=O. The van der Waals surface area contributed by atoms with Gasteiger partial charge in [-0.1, -0.05) is 37.6 Å². The van der Waals surface area contributed by atoms with Crippen molar-refractivity contribution in [1.82, 2.24) is 10.2 Å². The van der Waals surface area contributed by atoms with Crippen molar-refractivity contribution in [3.8, 4) is 5.88 Å². The second-order valence-electron chi connectivity index (χ2n) is 10.4. The molecular weight excluding hydrogens is 536 g/mol. The number of nitrogens with one attached hydrogen (secondary N) is 1. The Labute approximate surface area is 239 Å². The van der Waals surface area contributed by atoms with Crippen molar-refractivity contribution in [2.45, 2.75) is 98.4 Å². The molecule has 0 radical (unpaired) electrons. The van der Waals surface area contributed by atoms with Gasteiger partial charge in [0.1, 0.15) is 12.7 Å². The molecule has 1 aromatic carbocycles. The third-order valence-electron chi connectivity index (χ3n) is 6.48. The number of aryl methyl sites for hydroxylation is 2. The first-order valence-electron chi connectivity index (χ1n) is 13.4. The van der Waals surface area contributed by atoms with Crippen molar-refractivity contribution < 1.29 is 47.6 Å². The Morgan fingerprint density at radius 3 is 2.07 bits per heavy atom. The molecule has 2 heterocycles. The van der Waals surface area contributed by atoms with E-state index in [0.717, 1.165) is 41.8 Å². The zero-order valence-electron chi connectivity index (χ0n) is 24.6. The number of nitrogens with zero attached hydrogens (tertiary/aromatic N) is 1. The molecule has 0 spiro atoms. The van der Waals surface area contributed by atoms with Crippen LogP contribution in [0.1, 0.15) is 75.4 Å². The number of aromatic nitrogens is 2. The molecule has 224 valence electrons. The van der Waals surface area contributed by atoms with Crippen LogP contribution in [0.5, 0.6) is 5.88 Å². The van der Waals surface area contributed by atoms with E-state index >= 15 is 0 Å². The molecule has 1 N–H and O–H groups in total. The van der Waals surface area contributed by atoms with Crippen LogP contribution in [0.25, 0.3) is 0 Å². The monoisotopic (exact) mass is 574 g/mol. The molecular formula is C29H38N2O10. The Kier molecular flexibility index (Phi) is 10.5. The van der Waals surface area contributed by atoms with Crippen LogP contribution in [0.3, 0.4) is 0 Å². The number of esters is 4. The zero-order valence-corrected chi connectivity index (χ0v) is 24.6. The summed E-state index contributed by atoms with van der Waals surface area (Å²) in [4.78, 5) is 47.9. The molecule has 12 nitrogen and oxygen atoms in total. The first-order valence-corrected chi connectivity index (χ1v) is 13.4. The fraction of sp³-hybridized carbons (Fsp3) is 0.552. The minimum Gasteiger partial charge on any atom is -0.463 e. The normalized spacial score (nSPS) is 22.1. The van der Waals surface area contributed by atoms with Crippen LogP contribution < -0.4 is 4.74 Å². The van der Waals surface area contributed by atoms with Crippen molar-refractivity contribution in [3.63, 3.8) is 0 Å². The van der Waals surface area contributed by atoms with Gasteiger partial charge in [-0.15, -0.1) is 5.10 Å². The molecule has 0 amide bonds. The van der Waals surface area contributed by atoms with Crippen molar-refractivity contribution in [3.05, 3.63) is 46.1 Å². The van der Waals surface area contributed by atoms with E-state index in [1.807, 2.05) is 39.8 Å². The maximum atomic E-state index is 12.2. The molecule has 3 rings (SSSR count). The topological polar surface area (TPSA) is 152 Å². The molecule has 5 unspecified atom stereocenters. The summed E-state index contributed by atoms with van der Waals surface area (Å²) in [5.74, 6) is -2.51. The summed E-state index contributed by atoms with van der Waals surface area (Å²) in [6, 6.07) is 6.15. The van der Waals surface area contributed by atoms with Gasteiger partial charge in [0.25, 0.3) is 0 Å². The average Bonchev–Trinajstić information content (AvgIpc) is 3.24. The zero-order chi connectivity index (χ0) is 30.4. The summed E-state index contributed by atoms with van der Waals surface area (Å²) in [7, 11) is 0. The van der Waals surface area contributed by atoms with E-state index in [0.29, 0.717) is 6.42 Å². The van der Waals surface area contributed by atoms with E-state index in [4.69, 9.17) is 28.4 Å². The smallest absolute Gasteiger partial charge is 0.303 e. The number of hydrogen-bond acceptors (Lipinski definition) is 11. The van der Waals surface area contributed by atoms with Gasteiger partial charge in [0.2, 0.25) is 18.3 Å².